The lowest BCUT2D eigenvalue weighted by atomic mass is 10.0. The molecule has 0 saturated heterocycles. The molecular formula is C28H26FN3O4. The molecule has 4 aromatic rings. The number of fused-ring (bicyclic) bond motifs is 2. The number of nitrogens with zero attached hydrogens (tertiary/aromatic N) is 1. The van der Waals surface area contributed by atoms with E-state index in [9.17, 15) is 14.0 Å². The van der Waals surface area contributed by atoms with Crippen molar-refractivity contribution in [1.29, 1.82) is 0 Å². The molecule has 0 fully saturated rings. The highest BCUT2D eigenvalue weighted by Crippen LogP contribution is 2.35. The molecule has 0 bridgehead atoms. The molecule has 0 aliphatic carbocycles. The molecule has 5 rings (SSSR count). The molecule has 2 amide bonds. The molecule has 0 radical (unpaired) electrons. The highest BCUT2D eigenvalue weighted by atomic mass is 19.1. The molecule has 2 heterocycles. The Bertz CT molecular complexity index is 1430. The number of H-pyrrole nitrogens is 1. The summed E-state index contributed by atoms with van der Waals surface area (Å²) < 4.78 is 24.7. The highest BCUT2D eigenvalue weighted by molar-refractivity contribution is 6.00. The molecule has 8 heteroatoms. The van der Waals surface area contributed by atoms with Crippen molar-refractivity contribution in [1.82, 2.24) is 10.3 Å². The van der Waals surface area contributed by atoms with Gasteiger partial charge in [0.15, 0.2) is 11.5 Å². The van der Waals surface area contributed by atoms with Crippen LogP contribution in [0.4, 0.5) is 10.1 Å². The third-order valence-electron chi connectivity index (χ3n) is 6.41. The molecule has 1 aromatic heterocycles. The fourth-order valence-corrected chi connectivity index (χ4v) is 4.49. The lowest BCUT2D eigenvalue weighted by Crippen LogP contribution is -2.49. The van der Waals surface area contributed by atoms with E-state index in [0.717, 1.165) is 16.8 Å². The van der Waals surface area contributed by atoms with E-state index in [-0.39, 0.29) is 30.8 Å². The van der Waals surface area contributed by atoms with Crippen molar-refractivity contribution in [2.45, 2.75) is 25.8 Å². The maximum atomic E-state index is 13.9. The predicted octanol–water partition coefficient (Wildman–Crippen LogP) is 4.28. The van der Waals surface area contributed by atoms with Gasteiger partial charge in [-0.1, -0.05) is 30.3 Å². The fraction of sp³-hybridized carbons (Fsp3) is 0.214. The largest absolute Gasteiger partial charge is 0.454 e. The number of anilines is 1. The second-order valence-electron chi connectivity index (χ2n) is 8.84. The van der Waals surface area contributed by atoms with E-state index in [2.05, 4.69) is 10.3 Å². The summed E-state index contributed by atoms with van der Waals surface area (Å²) in [6, 6.07) is 18.4. The van der Waals surface area contributed by atoms with Crippen molar-refractivity contribution >= 4 is 28.4 Å². The van der Waals surface area contributed by atoms with Gasteiger partial charge < -0.3 is 24.7 Å². The monoisotopic (exact) mass is 487 g/mol. The van der Waals surface area contributed by atoms with E-state index in [0.29, 0.717) is 34.6 Å². The fourth-order valence-electron chi connectivity index (χ4n) is 4.49. The Morgan fingerprint density at radius 2 is 1.83 bits per heavy atom. The first kappa shape index (κ1) is 23.4. The number of amides is 2. The Kier molecular flexibility index (Phi) is 6.33. The molecule has 1 aliphatic heterocycles. The highest BCUT2D eigenvalue weighted by Gasteiger charge is 2.27. The molecule has 0 saturated carbocycles. The number of likely N-dealkylation sites (N-methyl/N-ethyl adjacent to an activating group) is 1. The minimum Gasteiger partial charge on any atom is -0.454 e. The van der Waals surface area contributed by atoms with E-state index in [1.165, 1.54) is 17.0 Å². The van der Waals surface area contributed by atoms with Crippen molar-refractivity contribution < 1.29 is 23.5 Å². The van der Waals surface area contributed by atoms with Crippen molar-refractivity contribution in [2.75, 3.05) is 18.7 Å². The zero-order chi connectivity index (χ0) is 25.2. The topological polar surface area (TPSA) is 83.7 Å². The van der Waals surface area contributed by atoms with Gasteiger partial charge in [0.05, 0.1) is 6.42 Å². The Morgan fingerprint density at radius 1 is 1.06 bits per heavy atom. The van der Waals surface area contributed by atoms with Crippen LogP contribution in [0, 0.1) is 12.7 Å². The average Bonchev–Trinajstić information content (AvgIpc) is 3.47. The maximum Gasteiger partial charge on any atom is 0.249 e. The van der Waals surface area contributed by atoms with Gasteiger partial charge in [0.2, 0.25) is 18.6 Å². The van der Waals surface area contributed by atoms with E-state index in [1.807, 2.05) is 37.3 Å². The summed E-state index contributed by atoms with van der Waals surface area (Å²) in [5, 5.41) is 3.58. The van der Waals surface area contributed by atoms with Crippen LogP contribution in [0.2, 0.25) is 0 Å². The first-order chi connectivity index (χ1) is 17.4. The first-order valence-electron chi connectivity index (χ1n) is 11.7. The van der Waals surface area contributed by atoms with Crippen LogP contribution in [0.1, 0.15) is 16.8 Å². The second kappa shape index (κ2) is 9.73. The summed E-state index contributed by atoms with van der Waals surface area (Å²) in [5.41, 5.74) is 3.79. The van der Waals surface area contributed by atoms with Crippen LogP contribution in [0.25, 0.3) is 10.9 Å². The van der Waals surface area contributed by atoms with Gasteiger partial charge >= 0.3 is 0 Å². The van der Waals surface area contributed by atoms with Gasteiger partial charge in [0.1, 0.15) is 11.9 Å². The van der Waals surface area contributed by atoms with Gasteiger partial charge in [-0.2, -0.15) is 0 Å². The third kappa shape index (κ3) is 4.75. The molecule has 3 aromatic carbocycles. The summed E-state index contributed by atoms with van der Waals surface area (Å²) in [7, 11) is 1.66. The quantitative estimate of drug-likeness (QED) is 0.408. The van der Waals surface area contributed by atoms with Crippen LogP contribution in [-0.4, -0.2) is 36.7 Å². The molecule has 184 valence electrons. The van der Waals surface area contributed by atoms with Crippen LogP contribution in [0.15, 0.2) is 66.7 Å². The number of aromatic nitrogens is 1. The van der Waals surface area contributed by atoms with Crippen LogP contribution in [-0.2, 0) is 22.4 Å². The summed E-state index contributed by atoms with van der Waals surface area (Å²) in [6.45, 7) is 1.99. The number of ether oxygens (including phenoxy) is 2. The van der Waals surface area contributed by atoms with Gasteiger partial charge in [-0.25, -0.2) is 4.39 Å². The minimum atomic E-state index is -0.808. The number of carbonyl (C=O) groups excluding carboxylic acids is 2. The third-order valence-corrected chi connectivity index (χ3v) is 6.41. The summed E-state index contributed by atoms with van der Waals surface area (Å²) in [6.07, 6.45) is 0.337. The van der Waals surface area contributed by atoms with Crippen molar-refractivity contribution in [3.8, 4) is 11.5 Å². The van der Waals surface area contributed by atoms with Crippen LogP contribution in [0.5, 0.6) is 11.5 Å². The van der Waals surface area contributed by atoms with E-state index >= 15 is 0 Å². The zero-order valence-electron chi connectivity index (χ0n) is 20.0. The van der Waals surface area contributed by atoms with E-state index in [1.54, 1.807) is 31.3 Å². The number of aryl methyl sites for hydroxylation is 1. The van der Waals surface area contributed by atoms with Gasteiger partial charge in [0, 0.05) is 41.8 Å². The SMILES string of the molecule is Cc1[nH]c2ccc(F)cc2c1CC(=O)N[C@@H](Cc1ccccc1)C(=O)N(C)c1ccc2c(c1)OCO2. The van der Waals surface area contributed by atoms with Crippen molar-refractivity contribution in [2.24, 2.45) is 0 Å². The zero-order valence-corrected chi connectivity index (χ0v) is 20.0. The summed E-state index contributed by atoms with van der Waals surface area (Å²) >= 11 is 0. The first-order valence-corrected chi connectivity index (χ1v) is 11.7. The number of hydrogen-bond donors (Lipinski definition) is 2. The Labute approximate surface area is 207 Å². The molecule has 1 atom stereocenters. The van der Waals surface area contributed by atoms with Gasteiger partial charge in [0.25, 0.3) is 0 Å². The lowest BCUT2D eigenvalue weighted by molar-refractivity contribution is -0.127. The normalized spacial score (nSPS) is 13.0. The number of hydrogen-bond acceptors (Lipinski definition) is 4. The Morgan fingerprint density at radius 3 is 2.64 bits per heavy atom. The molecule has 7 nitrogen and oxygen atoms in total. The second-order valence-corrected chi connectivity index (χ2v) is 8.84. The number of benzene rings is 3. The van der Waals surface area contributed by atoms with E-state index in [4.69, 9.17) is 9.47 Å². The van der Waals surface area contributed by atoms with E-state index < -0.39 is 6.04 Å². The molecule has 36 heavy (non-hydrogen) atoms. The maximum absolute atomic E-state index is 13.9. The smallest absolute Gasteiger partial charge is 0.249 e. The number of nitrogens with one attached hydrogen (secondary N) is 2. The summed E-state index contributed by atoms with van der Waals surface area (Å²) in [4.78, 5) is 31.5. The molecular weight excluding hydrogens is 461 g/mol. The van der Waals surface area contributed by atoms with Gasteiger partial charge in [-0.15, -0.1) is 0 Å². The summed E-state index contributed by atoms with van der Waals surface area (Å²) in [5.74, 6) is 0.229. The van der Waals surface area contributed by atoms with Crippen LogP contribution in [0.3, 0.4) is 0 Å². The standard InChI is InChI=1S/C28H26FN3O4/c1-17-21(22-13-19(29)8-10-23(22)30-17)15-27(33)31-24(12-18-6-4-3-5-7-18)28(34)32(2)20-9-11-25-26(14-20)36-16-35-25/h3-11,13-14,24,30H,12,15-16H2,1-2H3,(H,31,33)/t24-/m0/s1. The van der Waals surface area contributed by atoms with Crippen LogP contribution >= 0.6 is 0 Å². The Hall–Kier alpha value is -4.33. The molecule has 0 unspecified atom stereocenters. The minimum absolute atomic E-state index is 0.0155. The number of rotatable bonds is 7. The Balaban J connectivity index is 1.38. The van der Waals surface area contributed by atoms with Gasteiger partial charge in [-0.3, -0.25) is 9.59 Å². The van der Waals surface area contributed by atoms with Crippen LogP contribution < -0.4 is 19.7 Å². The molecule has 2 N–H and O–H groups in total. The van der Waals surface area contributed by atoms with Gasteiger partial charge in [-0.05, 0) is 48.4 Å². The number of carbonyl (C=O) groups is 2. The lowest BCUT2D eigenvalue weighted by Gasteiger charge is -2.25. The number of aromatic amines is 1. The van der Waals surface area contributed by atoms with Crippen molar-refractivity contribution in [3.63, 3.8) is 0 Å². The predicted molar refractivity (Wildman–Crippen MR) is 135 cm³/mol. The molecule has 1 aliphatic rings. The van der Waals surface area contributed by atoms with Crippen molar-refractivity contribution in [3.05, 3.63) is 89.4 Å². The number of halogens is 1. The molecule has 0 spiro atoms. The average molecular weight is 488 g/mol.